The third kappa shape index (κ3) is 5.20. The highest BCUT2D eigenvalue weighted by Crippen LogP contribution is 2.29. The van der Waals surface area contributed by atoms with Crippen molar-refractivity contribution in [1.29, 1.82) is 0 Å². The molecule has 3 rings (SSSR count). The molecular formula is C20H24ClN3O4S. The van der Waals surface area contributed by atoms with Crippen molar-refractivity contribution in [3.05, 3.63) is 47.5 Å². The van der Waals surface area contributed by atoms with Crippen LogP contribution in [0.4, 0.5) is 11.4 Å². The van der Waals surface area contributed by atoms with Gasteiger partial charge in [0.2, 0.25) is 15.9 Å². The van der Waals surface area contributed by atoms with Crippen LogP contribution >= 0.6 is 11.6 Å². The number of aromatic hydroxyl groups is 1. The van der Waals surface area contributed by atoms with Gasteiger partial charge < -0.3 is 15.3 Å². The van der Waals surface area contributed by atoms with E-state index >= 15 is 0 Å². The molecule has 2 aromatic carbocycles. The number of rotatable bonds is 6. The van der Waals surface area contributed by atoms with Gasteiger partial charge in [-0.15, -0.1) is 0 Å². The number of phenolic OH excluding ortho intramolecular Hbond substituents is 1. The van der Waals surface area contributed by atoms with Gasteiger partial charge >= 0.3 is 0 Å². The van der Waals surface area contributed by atoms with Crippen LogP contribution in [0, 0.1) is 0 Å². The molecule has 0 atom stereocenters. The van der Waals surface area contributed by atoms with Crippen LogP contribution in [0.15, 0.2) is 47.4 Å². The first kappa shape index (κ1) is 21.4. The van der Waals surface area contributed by atoms with Gasteiger partial charge in [0.15, 0.2) is 0 Å². The minimum atomic E-state index is -3.57. The molecule has 1 aliphatic rings. The van der Waals surface area contributed by atoms with E-state index in [4.69, 9.17) is 11.6 Å². The molecule has 0 bridgehead atoms. The van der Waals surface area contributed by atoms with Gasteiger partial charge in [-0.1, -0.05) is 24.1 Å². The molecule has 0 unspecified atom stereocenters. The third-order valence-corrected chi connectivity index (χ3v) is 6.93. The molecule has 1 amide bonds. The van der Waals surface area contributed by atoms with Crippen molar-refractivity contribution in [3.63, 3.8) is 0 Å². The molecule has 1 aliphatic heterocycles. The Balaban J connectivity index is 1.69. The first-order valence-corrected chi connectivity index (χ1v) is 11.2. The minimum absolute atomic E-state index is 0.0133. The highest BCUT2D eigenvalue weighted by molar-refractivity contribution is 7.89. The summed E-state index contributed by atoms with van der Waals surface area (Å²) in [5.74, 6) is -0.335. The number of phenols is 1. The lowest BCUT2D eigenvalue weighted by Gasteiger charge is -2.26. The van der Waals surface area contributed by atoms with Crippen LogP contribution < -0.4 is 10.2 Å². The van der Waals surface area contributed by atoms with Crippen LogP contribution in [-0.2, 0) is 14.8 Å². The van der Waals surface area contributed by atoms with Gasteiger partial charge in [-0.3, -0.25) is 4.79 Å². The lowest BCUT2D eigenvalue weighted by atomic mass is 10.2. The van der Waals surface area contributed by atoms with Gasteiger partial charge in [0.05, 0.1) is 17.1 Å². The smallest absolute Gasteiger partial charge is 0.243 e. The van der Waals surface area contributed by atoms with E-state index in [1.54, 1.807) is 36.2 Å². The summed E-state index contributed by atoms with van der Waals surface area (Å²) in [5, 5.41) is 13.1. The molecule has 2 aromatic rings. The Hall–Kier alpha value is -2.29. The topological polar surface area (TPSA) is 90.0 Å². The van der Waals surface area contributed by atoms with Gasteiger partial charge in [-0.2, -0.15) is 4.31 Å². The van der Waals surface area contributed by atoms with Crippen LogP contribution in [0.2, 0.25) is 5.02 Å². The van der Waals surface area contributed by atoms with Crippen molar-refractivity contribution < 1.29 is 18.3 Å². The number of hydrogen-bond donors (Lipinski definition) is 2. The van der Waals surface area contributed by atoms with E-state index in [1.807, 2.05) is 0 Å². The lowest BCUT2D eigenvalue weighted by Crippen LogP contribution is -2.35. The van der Waals surface area contributed by atoms with Gasteiger partial charge in [0.25, 0.3) is 0 Å². The summed E-state index contributed by atoms with van der Waals surface area (Å²) >= 11 is 5.95. The number of anilines is 2. The van der Waals surface area contributed by atoms with Gasteiger partial charge in [0.1, 0.15) is 5.75 Å². The molecule has 0 radical (unpaired) electrons. The van der Waals surface area contributed by atoms with Crippen molar-refractivity contribution >= 4 is 38.9 Å². The van der Waals surface area contributed by atoms with Crippen molar-refractivity contribution in [1.82, 2.24) is 4.31 Å². The van der Waals surface area contributed by atoms with Gasteiger partial charge in [-0.05, 0) is 49.2 Å². The number of nitrogens with one attached hydrogen (secondary N) is 1. The highest BCUT2D eigenvalue weighted by atomic mass is 35.5. The second-order valence-electron chi connectivity index (χ2n) is 7.03. The molecular weight excluding hydrogens is 414 g/mol. The average molecular weight is 438 g/mol. The number of carbonyl (C=O) groups excluding carboxylic acids is 1. The number of amides is 1. The molecule has 7 nitrogen and oxygen atoms in total. The van der Waals surface area contributed by atoms with E-state index in [-0.39, 0.29) is 23.1 Å². The molecule has 156 valence electrons. The van der Waals surface area contributed by atoms with Crippen LogP contribution in [0.1, 0.15) is 19.3 Å². The highest BCUT2D eigenvalue weighted by Gasteiger charge is 2.26. The Morgan fingerprint density at radius 1 is 1.17 bits per heavy atom. The number of benzene rings is 2. The summed E-state index contributed by atoms with van der Waals surface area (Å²) in [7, 11) is -1.92. The van der Waals surface area contributed by atoms with Crippen molar-refractivity contribution in [2.75, 3.05) is 36.9 Å². The Bertz CT molecular complexity index is 991. The Labute approximate surface area is 175 Å². The van der Waals surface area contributed by atoms with Gasteiger partial charge in [-0.25, -0.2) is 8.42 Å². The molecule has 1 saturated heterocycles. The molecule has 1 heterocycles. The molecule has 0 saturated carbocycles. The monoisotopic (exact) mass is 437 g/mol. The summed E-state index contributed by atoms with van der Waals surface area (Å²) < 4.78 is 27.1. The maximum absolute atomic E-state index is 12.8. The predicted molar refractivity (Wildman–Crippen MR) is 114 cm³/mol. The SMILES string of the molecule is CN(CC(=O)Nc1cccc(S(=O)(=O)N2CCCCC2)c1)c1cc(Cl)ccc1O. The molecule has 1 fully saturated rings. The zero-order valence-corrected chi connectivity index (χ0v) is 17.7. The van der Waals surface area contributed by atoms with E-state index in [1.165, 1.54) is 22.5 Å². The molecule has 9 heteroatoms. The van der Waals surface area contributed by atoms with Crippen LogP contribution in [0.5, 0.6) is 5.75 Å². The standard InChI is InChI=1S/C20H24ClN3O4S/c1-23(18-12-15(21)8-9-19(18)25)14-20(26)22-16-6-5-7-17(13-16)29(27,28)24-10-3-2-4-11-24/h5-9,12-13,25H,2-4,10-11,14H2,1H3,(H,22,26). The Kier molecular flexibility index (Phi) is 6.66. The van der Waals surface area contributed by atoms with E-state index in [0.29, 0.717) is 29.5 Å². The second kappa shape index (κ2) is 9.02. The predicted octanol–water partition coefficient (Wildman–Crippen LogP) is 3.30. The zero-order chi connectivity index (χ0) is 21.0. The number of likely N-dealkylation sites (N-methyl/N-ethyl adjacent to an activating group) is 1. The largest absolute Gasteiger partial charge is 0.506 e. The number of nitrogens with zero attached hydrogens (tertiary/aromatic N) is 2. The third-order valence-electron chi connectivity index (χ3n) is 4.80. The van der Waals surface area contributed by atoms with Crippen LogP contribution in [0.3, 0.4) is 0 Å². The Morgan fingerprint density at radius 3 is 2.62 bits per heavy atom. The molecule has 0 aliphatic carbocycles. The normalized spacial score (nSPS) is 15.1. The fraction of sp³-hybridized carbons (Fsp3) is 0.350. The van der Waals surface area contributed by atoms with Crippen molar-refractivity contribution in [2.45, 2.75) is 24.2 Å². The van der Waals surface area contributed by atoms with E-state index < -0.39 is 10.0 Å². The molecule has 0 aromatic heterocycles. The van der Waals surface area contributed by atoms with Crippen molar-refractivity contribution in [2.24, 2.45) is 0 Å². The number of piperidine rings is 1. The fourth-order valence-electron chi connectivity index (χ4n) is 3.29. The maximum Gasteiger partial charge on any atom is 0.243 e. The summed E-state index contributed by atoms with van der Waals surface area (Å²) in [6.07, 6.45) is 2.76. The van der Waals surface area contributed by atoms with Crippen molar-refractivity contribution in [3.8, 4) is 5.75 Å². The number of sulfonamides is 1. The van der Waals surface area contributed by atoms with Gasteiger partial charge in [0, 0.05) is 30.8 Å². The summed E-state index contributed by atoms with van der Waals surface area (Å²) in [4.78, 5) is 14.2. The number of carbonyl (C=O) groups is 1. The second-order valence-corrected chi connectivity index (χ2v) is 9.40. The first-order valence-electron chi connectivity index (χ1n) is 9.37. The van der Waals surface area contributed by atoms with E-state index in [9.17, 15) is 18.3 Å². The molecule has 0 spiro atoms. The zero-order valence-electron chi connectivity index (χ0n) is 16.1. The van der Waals surface area contributed by atoms with Crippen LogP contribution in [-0.4, -0.2) is 50.4 Å². The minimum Gasteiger partial charge on any atom is -0.506 e. The van der Waals surface area contributed by atoms with E-state index in [2.05, 4.69) is 5.32 Å². The fourth-order valence-corrected chi connectivity index (χ4v) is 5.02. The number of hydrogen-bond acceptors (Lipinski definition) is 5. The summed E-state index contributed by atoms with van der Waals surface area (Å²) in [6.45, 7) is 0.997. The molecule has 29 heavy (non-hydrogen) atoms. The quantitative estimate of drug-likeness (QED) is 0.723. The average Bonchev–Trinajstić information content (AvgIpc) is 2.70. The summed E-state index contributed by atoms with van der Waals surface area (Å²) in [6, 6.07) is 10.8. The summed E-state index contributed by atoms with van der Waals surface area (Å²) in [5.41, 5.74) is 0.825. The first-order chi connectivity index (χ1) is 13.8. The van der Waals surface area contributed by atoms with E-state index in [0.717, 1.165) is 19.3 Å². The number of halogens is 1. The Morgan fingerprint density at radius 2 is 1.90 bits per heavy atom. The lowest BCUT2D eigenvalue weighted by molar-refractivity contribution is -0.114. The molecule has 2 N–H and O–H groups in total. The van der Waals surface area contributed by atoms with Crippen LogP contribution in [0.25, 0.3) is 0 Å². The maximum atomic E-state index is 12.8.